The van der Waals surface area contributed by atoms with E-state index in [-0.39, 0.29) is 5.41 Å². The number of hydrogen-bond donors (Lipinski definition) is 0. The summed E-state index contributed by atoms with van der Waals surface area (Å²) in [6.45, 7) is 0. The van der Waals surface area contributed by atoms with Crippen LogP contribution in [-0.2, 0) is 6.42 Å². The van der Waals surface area contributed by atoms with E-state index in [0.717, 1.165) is 23.6 Å². The number of nitrogens with zero attached hydrogens (tertiary/aromatic N) is 1. The van der Waals surface area contributed by atoms with Crippen molar-refractivity contribution in [3.63, 3.8) is 0 Å². The molecule has 0 radical (unpaired) electrons. The Labute approximate surface area is 99.7 Å². The third kappa shape index (κ3) is 2.53. The van der Waals surface area contributed by atoms with Gasteiger partial charge in [0.15, 0.2) is 0 Å². The van der Waals surface area contributed by atoms with Crippen molar-refractivity contribution in [2.75, 3.05) is 0 Å². The largest absolute Gasteiger partial charge is 0.198 e. The van der Waals surface area contributed by atoms with E-state index in [1.54, 1.807) is 11.3 Å². The van der Waals surface area contributed by atoms with E-state index in [0.29, 0.717) is 0 Å². The lowest BCUT2D eigenvalue weighted by Gasteiger charge is -2.30. The first-order valence-electron chi connectivity index (χ1n) is 5.40. The van der Waals surface area contributed by atoms with Crippen molar-refractivity contribution >= 4 is 22.9 Å². The molecule has 1 aromatic heterocycles. The summed E-state index contributed by atoms with van der Waals surface area (Å²) >= 11 is 7.51. The van der Waals surface area contributed by atoms with Gasteiger partial charge < -0.3 is 0 Å². The van der Waals surface area contributed by atoms with Gasteiger partial charge in [0.2, 0.25) is 0 Å². The van der Waals surface area contributed by atoms with Gasteiger partial charge in [-0.25, -0.2) is 0 Å². The maximum Gasteiger partial charge on any atom is 0.0931 e. The SMILES string of the molecule is N#CC1(Cc2ccc(Cl)s2)CCCCC1. The first-order valence-corrected chi connectivity index (χ1v) is 6.59. The van der Waals surface area contributed by atoms with Crippen LogP contribution in [-0.4, -0.2) is 0 Å². The van der Waals surface area contributed by atoms with E-state index < -0.39 is 0 Å². The Balaban J connectivity index is 2.11. The molecule has 1 saturated carbocycles. The van der Waals surface area contributed by atoms with Crippen molar-refractivity contribution in [1.29, 1.82) is 5.26 Å². The molecule has 0 bridgehead atoms. The van der Waals surface area contributed by atoms with Gasteiger partial charge in [-0.3, -0.25) is 0 Å². The third-order valence-corrected chi connectivity index (χ3v) is 4.42. The van der Waals surface area contributed by atoms with Gasteiger partial charge in [0.05, 0.1) is 15.8 Å². The van der Waals surface area contributed by atoms with Gasteiger partial charge >= 0.3 is 0 Å². The molecule has 0 aliphatic heterocycles. The highest BCUT2D eigenvalue weighted by atomic mass is 35.5. The molecule has 2 rings (SSSR count). The van der Waals surface area contributed by atoms with Crippen LogP contribution in [0.2, 0.25) is 4.34 Å². The molecular weight excluding hydrogens is 226 g/mol. The van der Waals surface area contributed by atoms with Crippen LogP contribution in [0.3, 0.4) is 0 Å². The molecule has 0 aromatic carbocycles. The second-order valence-electron chi connectivity index (χ2n) is 4.34. The van der Waals surface area contributed by atoms with Crippen LogP contribution in [0.4, 0.5) is 0 Å². The van der Waals surface area contributed by atoms with Crippen LogP contribution in [0.15, 0.2) is 12.1 Å². The second kappa shape index (κ2) is 4.55. The van der Waals surface area contributed by atoms with E-state index in [9.17, 15) is 5.26 Å². The number of thiophene rings is 1. The molecule has 0 N–H and O–H groups in total. The zero-order valence-corrected chi connectivity index (χ0v) is 10.2. The highest BCUT2D eigenvalue weighted by Gasteiger charge is 2.32. The standard InChI is InChI=1S/C12H14ClNS/c13-11-5-4-10(15-11)8-12(9-14)6-2-1-3-7-12/h4-5H,1-3,6-8H2. The molecule has 0 amide bonds. The van der Waals surface area contributed by atoms with E-state index in [1.165, 1.54) is 24.1 Å². The van der Waals surface area contributed by atoms with Crippen molar-refractivity contribution < 1.29 is 0 Å². The lowest BCUT2D eigenvalue weighted by atomic mass is 9.73. The Morgan fingerprint density at radius 1 is 1.33 bits per heavy atom. The Bertz CT molecular complexity index is 371. The Hall–Kier alpha value is -0.520. The Kier molecular flexibility index (Phi) is 3.33. The number of halogens is 1. The summed E-state index contributed by atoms with van der Waals surface area (Å²) in [4.78, 5) is 1.25. The van der Waals surface area contributed by atoms with Gasteiger partial charge in [-0.1, -0.05) is 30.9 Å². The van der Waals surface area contributed by atoms with Crippen LogP contribution in [0.25, 0.3) is 0 Å². The monoisotopic (exact) mass is 239 g/mol. The number of nitriles is 1. The summed E-state index contributed by atoms with van der Waals surface area (Å²) < 4.78 is 0.828. The Morgan fingerprint density at radius 2 is 2.07 bits per heavy atom. The van der Waals surface area contributed by atoms with E-state index >= 15 is 0 Å². The minimum atomic E-state index is -0.105. The molecule has 1 nitrogen and oxygen atoms in total. The summed E-state index contributed by atoms with van der Waals surface area (Å²) in [6.07, 6.45) is 6.69. The molecule has 0 spiro atoms. The third-order valence-electron chi connectivity index (χ3n) is 3.19. The average molecular weight is 240 g/mol. The minimum absolute atomic E-state index is 0.105. The topological polar surface area (TPSA) is 23.8 Å². The highest BCUT2D eigenvalue weighted by molar-refractivity contribution is 7.16. The smallest absolute Gasteiger partial charge is 0.0931 e. The van der Waals surface area contributed by atoms with Gasteiger partial charge in [0.25, 0.3) is 0 Å². The van der Waals surface area contributed by atoms with Crippen molar-refractivity contribution in [2.45, 2.75) is 38.5 Å². The summed E-state index contributed by atoms with van der Waals surface area (Å²) in [5.74, 6) is 0. The second-order valence-corrected chi connectivity index (χ2v) is 6.14. The molecule has 0 atom stereocenters. The summed E-state index contributed by atoms with van der Waals surface area (Å²) in [5.41, 5.74) is -0.105. The molecule has 1 aliphatic rings. The van der Waals surface area contributed by atoms with Crippen LogP contribution >= 0.6 is 22.9 Å². The van der Waals surface area contributed by atoms with E-state index in [4.69, 9.17) is 11.6 Å². The van der Waals surface area contributed by atoms with Crippen molar-refractivity contribution in [3.8, 4) is 6.07 Å². The zero-order valence-electron chi connectivity index (χ0n) is 8.63. The predicted molar refractivity (Wildman–Crippen MR) is 64.2 cm³/mol. The molecular formula is C12H14ClNS. The first kappa shape index (κ1) is 11.0. The van der Waals surface area contributed by atoms with Gasteiger partial charge in [0, 0.05) is 11.3 Å². The summed E-state index contributed by atoms with van der Waals surface area (Å²) in [7, 11) is 0. The van der Waals surface area contributed by atoms with Crippen LogP contribution < -0.4 is 0 Å². The number of hydrogen-bond acceptors (Lipinski definition) is 2. The molecule has 0 saturated heterocycles. The normalized spacial score (nSPS) is 19.7. The van der Waals surface area contributed by atoms with Crippen molar-refractivity contribution in [1.82, 2.24) is 0 Å². The van der Waals surface area contributed by atoms with Gasteiger partial charge in [0.1, 0.15) is 0 Å². The van der Waals surface area contributed by atoms with Gasteiger partial charge in [-0.2, -0.15) is 5.26 Å². The molecule has 15 heavy (non-hydrogen) atoms. The first-order chi connectivity index (χ1) is 7.24. The predicted octanol–water partition coefficient (Wildman–Crippen LogP) is 4.42. The van der Waals surface area contributed by atoms with Gasteiger partial charge in [-0.05, 0) is 25.0 Å². The van der Waals surface area contributed by atoms with Gasteiger partial charge in [-0.15, -0.1) is 11.3 Å². The van der Waals surface area contributed by atoms with Crippen LogP contribution in [0, 0.1) is 16.7 Å². The lowest BCUT2D eigenvalue weighted by Crippen LogP contribution is -2.24. The summed E-state index contributed by atoms with van der Waals surface area (Å²) in [5, 5.41) is 9.33. The van der Waals surface area contributed by atoms with Crippen LogP contribution in [0.1, 0.15) is 37.0 Å². The molecule has 1 heterocycles. The number of rotatable bonds is 2. The quantitative estimate of drug-likeness (QED) is 0.750. The fourth-order valence-corrected chi connectivity index (χ4v) is 3.57. The Morgan fingerprint density at radius 3 is 2.60 bits per heavy atom. The zero-order chi connectivity index (χ0) is 10.7. The average Bonchev–Trinajstić information content (AvgIpc) is 2.65. The fourth-order valence-electron chi connectivity index (χ4n) is 2.34. The van der Waals surface area contributed by atoms with Crippen molar-refractivity contribution in [2.24, 2.45) is 5.41 Å². The van der Waals surface area contributed by atoms with E-state index in [1.807, 2.05) is 6.07 Å². The summed E-state index contributed by atoms with van der Waals surface area (Å²) in [6, 6.07) is 6.52. The molecule has 80 valence electrons. The maximum absolute atomic E-state index is 9.33. The molecule has 1 fully saturated rings. The molecule has 3 heteroatoms. The highest BCUT2D eigenvalue weighted by Crippen LogP contribution is 2.40. The lowest BCUT2D eigenvalue weighted by molar-refractivity contribution is 0.267. The minimum Gasteiger partial charge on any atom is -0.198 e. The molecule has 1 aliphatic carbocycles. The fraction of sp³-hybridized carbons (Fsp3) is 0.583. The van der Waals surface area contributed by atoms with E-state index in [2.05, 4.69) is 12.1 Å². The van der Waals surface area contributed by atoms with Crippen molar-refractivity contribution in [3.05, 3.63) is 21.3 Å². The molecule has 1 aromatic rings. The van der Waals surface area contributed by atoms with Crippen LogP contribution in [0.5, 0.6) is 0 Å². The molecule has 0 unspecified atom stereocenters. The maximum atomic E-state index is 9.33.